The van der Waals surface area contributed by atoms with E-state index in [1.807, 2.05) is 6.92 Å². The number of halogens is 1. The summed E-state index contributed by atoms with van der Waals surface area (Å²) in [7, 11) is 0. The van der Waals surface area contributed by atoms with Gasteiger partial charge in [-0.1, -0.05) is 25.4 Å². The van der Waals surface area contributed by atoms with Crippen LogP contribution in [0.3, 0.4) is 0 Å². The molecule has 0 aliphatic rings. The van der Waals surface area contributed by atoms with E-state index in [9.17, 15) is 24.5 Å². The molecule has 2 amide bonds. The van der Waals surface area contributed by atoms with Crippen molar-refractivity contribution >= 4 is 51.5 Å². The van der Waals surface area contributed by atoms with Gasteiger partial charge in [-0.05, 0) is 25.0 Å². The second-order valence-corrected chi connectivity index (χ2v) is 8.35. The van der Waals surface area contributed by atoms with Crippen molar-refractivity contribution in [3.63, 3.8) is 0 Å². The van der Waals surface area contributed by atoms with Crippen molar-refractivity contribution < 1.29 is 24.0 Å². The number of anilines is 1. The highest BCUT2D eigenvalue weighted by Crippen LogP contribution is 2.25. The third-order valence-electron chi connectivity index (χ3n) is 4.44. The quantitative estimate of drug-likeness (QED) is 0.328. The van der Waals surface area contributed by atoms with Gasteiger partial charge in [-0.3, -0.25) is 24.6 Å². The predicted octanol–water partition coefficient (Wildman–Crippen LogP) is 3.58. The van der Waals surface area contributed by atoms with Crippen molar-refractivity contribution in [2.24, 2.45) is 5.92 Å². The molecular formula is C20H23ClN4O6S. The van der Waals surface area contributed by atoms with Crippen LogP contribution in [0, 0.1) is 16.0 Å². The van der Waals surface area contributed by atoms with Gasteiger partial charge in [0.1, 0.15) is 17.7 Å². The van der Waals surface area contributed by atoms with Gasteiger partial charge in [0, 0.05) is 30.5 Å². The minimum Gasteiger partial charge on any atom is -0.458 e. The summed E-state index contributed by atoms with van der Waals surface area (Å²) in [5.41, 5.74) is 0.0572. The number of hydrogen-bond donors (Lipinski definition) is 1. The number of hydrogen-bond acceptors (Lipinski definition) is 8. The topological polar surface area (TPSA) is 132 Å². The number of carbonyl (C=O) groups is 3. The lowest BCUT2D eigenvalue weighted by Gasteiger charge is -2.20. The summed E-state index contributed by atoms with van der Waals surface area (Å²) in [6, 6.07) is 2.64. The van der Waals surface area contributed by atoms with Gasteiger partial charge >= 0.3 is 5.97 Å². The zero-order valence-electron chi connectivity index (χ0n) is 18.0. The third-order valence-corrected chi connectivity index (χ3v) is 5.67. The average Bonchev–Trinajstić information content (AvgIpc) is 3.18. The maximum absolute atomic E-state index is 12.6. The molecule has 0 aliphatic heterocycles. The summed E-state index contributed by atoms with van der Waals surface area (Å²) in [5, 5.41) is 15.7. The van der Waals surface area contributed by atoms with Crippen molar-refractivity contribution in [2.45, 2.75) is 40.3 Å². The first-order chi connectivity index (χ1) is 15.0. The molecule has 0 radical (unpaired) electrons. The molecule has 0 bridgehead atoms. The maximum Gasteiger partial charge on any atom is 0.329 e. The SMILES string of the molecule is CCN(C(C)=O)c1nc(COC(=O)[C@@H](NC(=O)c2ccc(Cl)c([N+](=O)[O-])c2)C(C)C)cs1. The van der Waals surface area contributed by atoms with Crippen LogP contribution >= 0.6 is 22.9 Å². The van der Waals surface area contributed by atoms with Crippen molar-refractivity contribution in [2.75, 3.05) is 11.4 Å². The van der Waals surface area contributed by atoms with Gasteiger partial charge in [-0.25, -0.2) is 9.78 Å². The van der Waals surface area contributed by atoms with Crippen LogP contribution in [-0.2, 0) is 20.9 Å². The largest absolute Gasteiger partial charge is 0.458 e. The highest BCUT2D eigenvalue weighted by atomic mass is 35.5. The van der Waals surface area contributed by atoms with Crippen molar-refractivity contribution in [3.05, 3.63) is 50.0 Å². The summed E-state index contributed by atoms with van der Waals surface area (Å²) in [5.74, 6) is -1.80. The van der Waals surface area contributed by atoms with Gasteiger partial charge in [-0.15, -0.1) is 11.3 Å². The Hall–Kier alpha value is -3.05. The average molecular weight is 483 g/mol. The Morgan fingerprint density at radius 2 is 2.03 bits per heavy atom. The van der Waals surface area contributed by atoms with Gasteiger partial charge in [0.05, 0.1) is 10.6 Å². The Labute approximate surface area is 193 Å². The number of aromatic nitrogens is 1. The smallest absolute Gasteiger partial charge is 0.329 e. The molecule has 0 saturated carbocycles. The first-order valence-corrected chi connectivity index (χ1v) is 10.9. The molecule has 1 aromatic heterocycles. The lowest BCUT2D eigenvalue weighted by atomic mass is 10.0. The maximum atomic E-state index is 12.6. The molecule has 1 atom stereocenters. The number of nitrogens with one attached hydrogen (secondary N) is 1. The molecule has 0 saturated heterocycles. The highest BCUT2D eigenvalue weighted by molar-refractivity contribution is 7.14. The molecule has 12 heteroatoms. The summed E-state index contributed by atoms with van der Waals surface area (Å²) in [6.07, 6.45) is 0. The Morgan fingerprint density at radius 1 is 1.34 bits per heavy atom. The second-order valence-electron chi connectivity index (χ2n) is 7.11. The Morgan fingerprint density at radius 3 is 2.59 bits per heavy atom. The van der Waals surface area contributed by atoms with Crippen LogP contribution in [0.4, 0.5) is 10.8 Å². The lowest BCUT2D eigenvalue weighted by Crippen LogP contribution is -2.45. The number of rotatable bonds is 9. The van der Waals surface area contributed by atoms with Crippen molar-refractivity contribution in [1.82, 2.24) is 10.3 Å². The van der Waals surface area contributed by atoms with Crippen LogP contribution in [0.2, 0.25) is 5.02 Å². The number of nitrogens with zero attached hydrogens (tertiary/aromatic N) is 3. The van der Waals surface area contributed by atoms with Crippen LogP contribution in [-0.4, -0.2) is 40.3 Å². The molecule has 1 heterocycles. The molecular weight excluding hydrogens is 460 g/mol. The van der Waals surface area contributed by atoms with E-state index in [4.69, 9.17) is 16.3 Å². The highest BCUT2D eigenvalue weighted by Gasteiger charge is 2.27. The molecule has 0 fully saturated rings. The van der Waals surface area contributed by atoms with Gasteiger partial charge in [0.15, 0.2) is 5.13 Å². The van der Waals surface area contributed by atoms with E-state index in [0.29, 0.717) is 17.4 Å². The Balaban J connectivity index is 2.06. The van der Waals surface area contributed by atoms with Crippen LogP contribution in [0.15, 0.2) is 23.6 Å². The minimum absolute atomic E-state index is 0.00687. The summed E-state index contributed by atoms with van der Waals surface area (Å²) >= 11 is 7.03. The molecule has 10 nitrogen and oxygen atoms in total. The van der Waals surface area contributed by atoms with Crippen molar-refractivity contribution in [1.29, 1.82) is 0 Å². The van der Waals surface area contributed by atoms with E-state index in [0.717, 1.165) is 6.07 Å². The number of esters is 1. The lowest BCUT2D eigenvalue weighted by molar-refractivity contribution is -0.384. The molecule has 0 spiro atoms. The normalized spacial score (nSPS) is 11.7. The summed E-state index contributed by atoms with van der Waals surface area (Å²) in [4.78, 5) is 53.0. The van der Waals surface area contributed by atoms with Crippen LogP contribution in [0.1, 0.15) is 43.7 Å². The van der Waals surface area contributed by atoms with E-state index in [2.05, 4.69) is 10.3 Å². The van der Waals surface area contributed by atoms with Crippen LogP contribution in [0.5, 0.6) is 0 Å². The molecule has 32 heavy (non-hydrogen) atoms. The molecule has 172 valence electrons. The molecule has 2 rings (SSSR count). The monoisotopic (exact) mass is 482 g/mol. The molecule has 2 aromatic rings. The van der Waals surface area contributed by atoms with Crippen molar-refractivity contribution in [3.8, 4) is 0 Å². The molecule has 1 N–H and O–H groups in total. The van der Waals surface area contributed by atoms with E-state index >= 15 is 0 Å². The fourth-order valence-corrected chi connectivity index (χ4v) is 3.83. The predicted molar refractivity (Wildman–Crippen MR) is 120 cm³/mol. The third kappa shape index (κ3) is 6.24. The van der Waals surface area contributed by atoms with Crippen LogP contribution in [0.25, 0.3) is 0 Å². The van der Waals surface area contributed by atoms with Gasteiger partial charge in [-0.2, -0.15) is 0 Å². The molecule has 0 aliphatic carbocycles. The fourth-order valence-electron chi connectivity index (χ4n) is 2.73. The number of carbonyl (C=O) groups excluding carboxylic acids is 3. The standard InChI is InChI=1S/C20H23ClN4O6S/c1-5-24(12(4)26)20-22-14(10-32-20)9-31-19(28)17(11(2)3)23-18(27)13-6-7-15(21)16(8-13)25(29)30/h6-8,10-11,17H,5,9H2,1-4H3,(H,23,27)/t17-/m0/s1. The number of ether oxygens (including phenoxy) is 1. The van der Waals surface area contributed by atoms with E-state index in [1.165, 1.54) is 35.3 Å². The minimum atomic E-state index is -0.986. The zero-order chi connectivity index (χ0) is 24.0. The fraction of sp³-hybridized carbons (Fsp3) is 0.400. The van der Waals surface area contributed by atoms with E-state index in [-0.39, 0.29) is 29.0 Å². The Bertz CT molecular complexity index is 1030. The zero-order valence-corrected chi connectivity index (χ0v) is 19.5. The Kier molecular flexibility index (Phi) is 8.67. The van der Waals surface area contributed by atoms with E-state index in [1.54, 1.807) is 19.2 Å². The first-order valence-electron chi connectivity index (χ1n) is 9.69. The van der Waals surface area contributed by atoms with E-state index < -0.39 is 28.5 Å². The number of nitro benzene ring substituents is 1. The van der Waals surface area contributed by atoms with Gasteiger partial charge < -0.3 is 10.1 Å². The second kappa shape index (κ2) is 11.0. The number of amides is 2. The van der Waals surface area contributed by atoms with Gasteiger partial charge in [0.2, 0.25) is 5.91 Å². The summed E-state index contributed by atoms with van der Waals surface area (Å²) in [6.45, 7) is 7.05. The summed E-state index contributed by atoms with van der Waals surface area (Å²) < 4.78 is 5.31. The molecule has 1 aromatic carbocycles. The van der Waals surface area contributed by atoms with Crippen LogP contribution < -0.4 is 10.2 Å². The number of thiazole rings is 1. The first kappa shape index (κ1) is 25.2. The van der Waals surface area contributed by atoms with Gasteiger partial charge in [0.25, 0.3) is 11.6 Å². The number of nitro groups is 1. The number of benzene rings is 1. The molecule has 0 unspecified atom stereocenters.